The molecule has 124 valence electrons. The molecule has 0 bridgehead atoms. The molecule has 3 rings (SSSR count). The predicted molar refractivity (Wildman–Crippen MR) is 89.2 cm³/mol. The normalized spacial score (nSPS) is 16.6. The summed E-state index contributed by atoms with van der Waals surface area (Å²) in [5.74, 6) is 1.13. The number of thiophene rings is 1. The summed E-state index contributed by atoms with van der Waals surface area (Å²) >= 11 is 1.59. The Morgan fingerprint density at radius 3 is 3.04 bits per heavy atom. The highest BCUT2D eigenvalue weighted by atomic mass is 32.1. The molecule has 1 amide bonds. The Morgan fingerprint density at radius 1 is 1.48 bits per heavy atom. The van der Waals surface area contributed by atoms with Gasteiger partial charge in [-0.2, -0.15) is 16.3 Å². The number of likely N-dealkylation sites (tertiary alicyclic amines) is 1. The van der Waals surface area contributed by atoms with Gasteiger partial charge in [-0.3, -0.25) is 9.69 Å². The molecular weight excluding hydrogens is 312 g/mol. The van der Waals surface area contributed by atoms with E-state index < -0.39 is 0 Å². The van der Waals surface area contributed by atoms with Crippen molar-refractivity contribution in [1.29, 1.82) is 0 Å². The van der Waals surface area contributed by atoms with E-state index in [9.17, 15) is 4.79 Å². The highest BCUT2D eigenvalue weighted by molar-refractivity contribution is 7.08. The van der Waals surface area contributed by atoms with Gasteiger partial charge in [0.15, 0.2) is 0 Å². The zero-order valence-corrected chi connectivity index (χ0v) is 14.1. The maximum absolute atomic E-state index is 12.0. The van der Waals surface area contributed by atoms with Crippen molar-refractivity contribution in [3.05, 3.63) is 22.7 Å². The standard InChI is InChI=1S/C16H22N4O2S/c1-12(20-7-2-3-8-20)10-17-14(21)4-5-15-18-16(19-22-15)13-6-9-23-11-13/h6,9,11-12H,2-5,7-8,10H2,1H3,(H,17,21)/t12-/m1/s1. The van der Waals surface area contributed by atoms with Gasteiger partial charge in [0.25, 0.3) is 0 Å². The van der Waals surface area contributed by atoms with Crippen molar-refractivity contribution in [1.82, 2.24) is 20.4 Å². The van der Waals surface area contributed by atoms with E-state index in [4.69, 9.17) is 4.52 Å². The minimum absolute atomic E-state index is 0.0336. The first-order chi connectivity index (χ1) is 11.2. The van der Waals surface area contributed by atoms with Gasteiger partial charge < -0.3 is 9.84 Å². The third-order valence-electron chi connectivity index (χ3n) is 4.17. The molecular formula is C16H22N4O2S. The summed E-state index contributed by atoms with van der Waals surface area (Å²) in [6, 6.07) is 2.35. The van der Waals surface area contributed by atoms with Crippen molar-refractivity contribution in [3.63, 3.8) is 0 Å². The number of rotatable bonds is 7. The van der Waals surface area contributed by atoms with Crippen molar-refractivity contribution in [2.45, 2.75) is 38.6 Å². The fourth-order valence-electron chi connectivity index (χ4n) is 2.75. The molecule has 3 heterocycles. The minimum atomic E-state index is 0.0336. The van der Waals surface area contributed by atoms with Crippen LogP contribution in [0.1, 0.15) is 32.1 Å². The van der Waals surface area contributed by atoms with Gasteiger partial charge in [-0.25, -0.2) is 0 Å². The molecule has 7 heteroatoms. The van der Waals surface area contributed by atoms with Crippen molar-refractivity contribution in [3.8, 4) is 11.4 Å². The first-order valence-electron chi connectivity index (χ1n) is 8.08. The van der Waals surface area contributed by atoms with Crippen LogP contribution in [-0.2, 0) is 11.2 Å². The number of carbonyl (C=O) groups excluding carboxylic acids is 1. The number of amides is 1. The summed E-state index contributed by atoms with van der Waals surface area (Å²) in [7, 11) is 0. The molecule has 1 N–H and O–H groups in total. The van der Waals surface area contributed by atoms with E-state index in [1.807, 2.05) is 16.8 Å². The third-order valence-corrected chi connectivity index (χ3v) is 4.86. The maximum Gasteiger partial charge on any atom is 0.227 e. The average Bonchev–Trinajstić information content (AvgIpc) is 3.32. The highest BCUT2D eigenvalue weighted by Crippen LogP contribution is 2.19. The van der Waals surface area contributed by atoms with Crippen LogP contribution in [0.5, 0.6) is 0 Å². The Hall–Kier alpha value is -1.73. The largest absolute Gasteiger partial charge is 0.355 e. The monoisotopic (exact) mass is 334 g/mol. The van der Waals surface area contributed by atoms with Crippen LogP contribution >= 0.6 is 11.3 Å². The van der Waals surface area contributed by atoms with Gasteiger partial charge in [0, 0.05) is 36.4 Å². The van der Waals surface area contributed by atoms with Crippen molar-refractivity contribution < 1.29 is 9.32 Å². The molecule has 1 fully saturated rings. The van der Waals surface area contributed by atoms with E-state index in [1.165, 1.54) is 12.8 Å². The smallest absolute Gasteiger partial charge is 0.227 e. The van der Waals surface area contributed by atoms with E-state index in [0.29, 0.717) is 37.1 Å². The Kier molecular flexibility index (Phi) is 5.40. The number of hydrogen-bond donors (Lipinski definition) is 1. The van der Waals surface area contributed by atoms with E-state index in [1.54, 1.807) is 11.3 Å². The van der Waals surface area contributed by atoms with Gasteiger partial charge in [0.1, 0.15) is 0 Å². The van der Waals surface area contributed by atoms with Crippen LogP contribution in [0, 0.1) is 0 Å². The first kappa shape index (κ1) is 16.1. The van der Waals surface area contributed by atoms with Crippen molar-refractivity contribution in [2.75, 3.05) is 19.6 Å². The van der Waals surface area contributed by atoms with Crippen LogP contribution in [0.2, 0.25) is 0 Å². The summed E-state index contributed by atoms with van der Waals surface area (Å²) in [5.41, 5.74) is 0.953. The summed E-state index contributed by atoms with van der Waals surface area (Å²) in [6.07, 6.45) is 3.38. The fraction of sp³-hybridized carbons (Fsp3) is 0.562. The Bertz CT molecular complexity index is 620. The molecule has 1 aliphatic heterocycles. The lowest BCUT2D eigenvalue weighted by atomic mass is 10.2. The molecule has 1 atom stereocenters. The molecule has 0 aromatic carbocycles. The van der Waals surface area contributed by atoms with Gasteiger partial charge in [-0.1, -0.05) is 5.16 Å². The van der Waals surface area contributed by atoms with E-state index in [-0.39, 0.29) is 5.91 Å². The number of nitrogens with one attached hydrogen (secondary N) is 1. The van der Waals surface area contributed by atoms with Gasteiger partial charge in [0.2, 0.25) is 17.6 Å². The van der Waals surface area contributed by atoms with Crippen molar-refractivity contribution in [2.24, 2.45) is 0 Å². The van der Waals surface area contributed by atoms with Crippen LogP contribution in [0.15, 0.2) is 21.3 Å². The molecule has 23 heavy (non-hydrogen) atoms. The second kappa shape index (κ2) is 7.70. The Labute approximate surface area is 139 Å². The van der Waals surface area contributed by atoms with E-state index in [0.717, 1.165) is 18.7 Å². The molecule has 2 aromatic rings. The molecule has 1 aliphatic rings. The number of hydrogen-bond acceptors (Lipinski definition) is 6. The molecule has 2 aromatic heterocycles. The van der Waals surface area contributed by atoms with Crippen LogP contribution in [-0.4, -0.2) is 46.6 Å². The SMILES string of the molecule is C[C@H](CNC(=O)CCc1nc(-c2ccsc2)no1)N1CCCC1. The fourth-order valence-corrected chi connectivity index (χ4v) is 3.38. The molecule has 0 spiro atoms. The second-order valence-electron chi connectivity index (χ2n) is 5.92. The maximum atomic E-state index is 12.0. The van der Waals surface area contributed by atoms with Crippen LogP contribution < -0.4 is 5.32 Å². The third kappa shape index (κ3) is 4.39. The molecule has 0 radical (unpaired) electrons. The lowest BCUT2D eigenvalue weighted by Gasteiger charge is -2.23. The summed E-state index contributed by atoms with van der Waals surface area (Å²) in [5, 5.41) is 10.9. The van der Waals surface area contributed by atoms with Crippen molar-refractivity contribution >= 4 is 17.2 Å². The van der Waals surface area contributed by atoms with Gasteiger partial charge in [-0.05, 0) is 44.3 Å². The van der Waals surface area contributed by atoms with Crippen LogP contribution in [0.4, 0.5) is 0 Å². The molecule has 0 unspecified atom stereocenters. The van der Waals surface area contributed by atoms with Gasteiger partial charge in [0.05, 0.1) is 0 Å². The molecule has 0 saturated carbocycles. The number of nitrogens with zero attached hydrogens (tertiary/aromatic N) is 3. The second-order valence-corrected chi connectivity index (χ2v) is 6.70. The summed E-state index contributed by atoms with van der Waals surface area (Å²) in [4.78, 5) is 18.7. The average molecular weight is 334 g/mol. The lowest BCUT2D eigenvalue weighted by Crippen LogP contribution is -2.40. The number of carbonyl (C=O) groups is 1. The van der Waals surface area contributed by atoms with Crippen LogP contribution in [0.3, 0.4) is 0 Å². The molecule has 1 saturated heterocycles. The predicted octanol–water partition coefficient (Wildman–Crippen LogP) is 2.33. The number of aryl methyl sites for hydroxylation is 1. The van der Waals surface area contributed by atoms with Gasteiger partial charge >= 0.3 is 0 Å². The zero-order chi connectivity index (χ0) is 16.1. The summed E-state index contributed by atoms with van der Waals surface area (Å²) in [6.45, 7) is 5.15. The van der Waals surface area contributed by atoms with E-state index in [2.05, 4.69) is 27.3 Å². The lowest BCUT2D eigenvalue weighted by molar-refractivity contribution is -0.121. The Balaban J connectivity index is 1.40. The molecule has 0 aliphatic carbocycles. The van der Waals surface area contributed by atoms with Crippen LogP contribution in [0.25, 0.3) is 11.4 Å². The highest BCUT2D eigenvalue weighted by Gasteiger charge is 2.18. The van der Waals surface area contributed by atoms with E-state index >= 15 is 0 Å². The zero-order valence-electron chi connectivity index (χ0n) is 13.3. The topological polar surface area (TPSA) is 71.3 Å². The minimum Gasteiger partial charge on any atom is -0.355 e. The quantitative estimate of drug-likeness (QED) is 0.841. The Morgan fingerprint density at radius 2 is 2.30 bits per heavy atom. The molecule has 6 nitrogen and oxygen atoms in total. The van der Waals surface area contributed by atoms with Gasteiger partial charge in [-0.15, -0.1) is 0 Å². The number of aromatic nitrogens is 2. The first-order valence-corrected chi connectivity index (χ1v) is 9.02. The summed E-state index contributed by atoms with van der Waals surface area (Å²) < 4.78 is 5.20.